The molecule has 1 rings (SSSR count). The standard InChI is InChI=1S/C14H22N2O3/c1-4-15-10-12-5-6-14(13(9-12)16(17)18)19-8-7-11(2)3/h5-6,9,11,15H,4,7-8,10H2,1-3H3. The Morgan fingerprint density at radius 3 is 2.74 bits per heavy atom. The molecule has 5 nitrogen and oxygen atoms in total. The van der Waals surface area contributed by atoms with Gasteiger partial charge in [-0.3, -0.25) is 10.1 Å². The number of benzene rings is 1. The maximum Gasteiger partial charge on any atom is 0.311 e. The van der Waals surface area contributed by atoms with Gasteiger partial charge < -0.3 is 10.1 Å². The van der Waals surface area contributed by atoms with Crippen LogP contribution in [0.15, 0.2) is 18.2 Å². The SMILES string of the molecule is CCNCc1ccc(OCCC(C)C)c([N+](=O)[O-])c1. The highest BCUT2D eigenvalue weighted by molar-refractivity contribution is 5.48. The molecule has 0 spiro atoms. The largest absolute Gasteiger partial charge is 0.487 e. The lowest BCUT2D eigenvalue weighted by molar-refractivity contribution is -0.385. The third kappa shape index (κ3) is 5.26. The molecular weight excluding hydrogens is 244 g/mol. The zero-order valence-electron chi connectivity index (χ0n) is 11.8. The van der Waals surface area contributed by atoms with Crippen molar-refractivity contribution in [3.05, 3.63) is 33.9 Å². The van der Waals surface area contributed by atoms with Crippen molar-refractivity contribution in [3.8, 4) is 5.75 Å². The summed E-state index contributed by atoms with van der Waals surface area (Å²) >= 11 is 0. The molecule has 0 aliphatic carbocycles. The minimum absolute atomic E-state index is 0.0409. The molecule has 0 radical (unpaired) electrons. The van der Waals surface area contributed by atoms with E-state index in [0.29, 0.717) is 24.8 Å². The van der Waals surface area contributed by atoms with Crippen LogP contribution in [0.5, 0.6) is 5.75 Å². The number of nitro benzene ring substituents is 1. The Bertz CT molecular complexity index is 419. The van der Waals surface area contributed by atoms with Crippen LogP contribution in [0, 0.1) is 16.0 Å². The quantitative estimate of drug-likeness (QED) is 0.580. The average Bonchev–Trinajstić information content (AvgIpc) is 2.36. The van der Waals surface area contributed by atoms with E-state index in [2.05, 4.69) is 19.2 Å². The molecule has 0 heterocycles. The van der Waals surface area contributed by atoms with Gasteiger partial charge in [0.05, 0.1) is 11.5 Å². The summed E-state index contributed by atoms with van der Waals surface area (Å²) in [4.78, 5) is 10.7. The molecule has 0 atom stereocenters. The third-order valence-electron chi connectivity index (χ3n) is 2.75. The maximum absolute atomic E-state index is 11.0. The summed E-state index contributed by atoms with van der Waals surface area (Å²) in [6.45, 7) is 8.15. The molecule has 0 saturated carbocycles. The second kappa shape index (κ2) is 7.74. The highest BCUT2D eigenvalue weighted by atomic mass is 16.6. The number of ether oxygens (including phenoxy) is 1. The van der Waals surface area contributed by atoms with E-state index in [1.807, 2.05) is 13.0 Å². The Morgan fingerprint density at radius 1 is 1.42 bits per heavy atom. The monoisotopic (exact) mass is 266 g/mol. The van der Waals surface area contributed by atoms with Gasteiger partial charge in [0.2, 0.25) is 0 Å². The molecule has 0 saturated heterocycles. The smallest absolute Gasteiger partial charge is 0.311 e. The normalized spacial score (nSPS) is 10.7. The van der Waals surface area contributed by atoms with Gasteiger partial charge >= 0.3 is 5.69 Å². The van der Waals surface area contributed by atoms with Gasteiger partial charge in [0.1, 0.15) is 0 Å². The van der Waals surface area contributed by atoms with E-state index in [1.54, 1.807) is 12.1 Å². The van der Waals surface area contributed by atoms with Crippen LogP contribution in [0.4, 0.5) is 5.69 Å². The van der Waals surface area contributed by atoms with Gasteiger partial charge in [-0.25, -0.2) is 0 Å². The highest BCUT2D eigenvalue weighted by Gasteiger charge is 2.15. The average molecular weight is 266 g/mol. The zero-order valence-corrected chi connectivity index (χ0v) is 11.8. The van der Waals surface area contributed by atoms with Crippen molar-refractivity contribution in [3.63, 3.8) is 0 Å². The first-order valence-electron chi connectivity index (χ1n) is 6.65. The number of rotatable bonds is 8. The van der Waals surface area contributed by atoms with E-state index < -0.39 is 0 Å². The third-order valence-corrected chi connectivity index (χ3v) is 2.75. The Kier molecular flexibility index (Phi) is 6.29. The van der Waals surface area contributed by atoms with Gasteiger partial charge in [-0.1, -0.05) is 26.8 Å². The molecule has 1 aromatic carbocycles. The van der Waals surface area contributed by atoms with Crippen LogP contribution in [0.3, 0.4) is 0 Å². The first kappa shape index (κ1) is 15.4. The molecule has 1 aromatic rings. The number of hydrogen-bond donors (Lipinski definition) is 1. The minimum atomic E-state index is -0.389. The molecule has 0 fully saturated rings. The first-order chi connectivity index (χ1) is 9.04. The summed E-state index contributed by atoms with van der Waals surface area (Å²) in [5.41, 5.74) is 0.934. The van der Waals surface area contributed by atoms with E-state index in [4.69, 9.17) is 4.74 Å². The van der Waals surface area contributed by atoms with E-state index in [1.165, 1.54) is 0 Å². The Balaban J connectivity index is 2.76. The lowest BCUT2D eigenvalue weighted by Crippen LogP contribution is -2.12. The molecule has 106 valence electrons. The Hall–Kier alpha value is -1.62. The van der Waals surface area contributed by atoms with E-state index >= 15 is 0 Å². The van der Waals surface area contributed by atoms with E-state index in [0.717, 1.165) is 18.5 Å². The van der Waals surface area contributed by atoms with E-state index in [9.17, 15) is 10.1 Å². The molecule has 0 aliphatic heterocycles. The predicted octanol–water partition coefficient (Wildman–Crippen LogP) is 3.13. The maximum atomic E-state index is 11.0. The summed E-state index contributed by atoms with van der Waals surface area (Å²) in [7, 11) is 0. The number of hydrogen-bond acceptors (Lipinski definition) is 4. The number of nitrogens with one attached hydrogen (secondary N) is 1. The molecule has 19 heavy (non-hydrogen) atoms. The lowest BCUT2D eigenvalue weighted by Gasteiger charge is -2.09. The minimum Gasteiger partial charge on any atom is -0.487 e. The van der Waals surface area contributed by atoms with Crippen LogP contribution in [-0.4, -0.2) is 18.1 Å². The highest BCUT2D eigenvalue weighted by Crippen LogP contribution is 2.28. The second-order valence-electron chi connectivity index (χ2n) is 4.87. The molecule has 0 amide bonds. The summed E-state index contributed by atoms with van der Waals surface area (Å²) in [6, 6.07) is 5.12. The van der Waals surface area contributed by atoms with Gasteiger partial charge in [-0.05, 0) is 30.5 Å². The summed E-state index contributed by atoms with van der Waals surface area (Å²) < 4.78 is 5.51. The lowest BCUT2D eigenvalue weighted by atomic mass is 10.1. The van der Waals surface area contributed by atoms with Crippen molar-refractivity contribution >= 4 is 5.69 Å². The van der Waals surface area contributed by atoms with Gasteiger partial charge in [0.15, 0.2) is 5.75 Å². The molecule has 0 aliphatic rings. The zero-order chi connectivity index (χ0) is 14.3. The molecule has 0 aromatic heterocycles. The summed E-state index contributed by atoms with van der Waals surface area (Å²) in [5, 5.41) is 14.2. The van der Waals surface area contributed by atoms with Crippen molar-refractivity contribution < 1.29 is 9.66 Å². The van der Waals surface area contributed by atoms with Gasteiger partial charge in [-0.15, -0.1) is 0 Å². The van der Waals surface area contributed by atoms with Gasteiger partial charge in [-0.2, -0.15) is 0 Å². The molecule has 5 heteroatoms. The number of nitrogens with zero attached hydrogens (tertiary/aromatic N) is 1. The van der Waals surface area contributed by atoms with Crippen molar-refractivity contribution in [1.82, 2.24) is 5.32 Å². The Morgan fingerprint density at radius 2 is 2.16 bits per heavy atom. The van der Waals surface area contributed by atoms with Crippen LogP contribution in [0.25, 0.3) is 0 Å². The topological polar surface area (TPSA) is 64.4 Å². The van der Waals surface area contributed by atoms with Crippen molar-refractivity contribution in [2.24, 2.45) is 5.92 Å². The van der Waals surface area contributed by atoms with Crippen molar-refractivity contribution in [2.45, 2.75) is 33.7 Å². The second-order valence-corrected chi connectivity index (χ2v) is 4.87. The van der Waals surface area contributed by atoms with Crippen LogP contribution in [-0.2, 0) is 6.54 Å². The molecule has 0 bridgehead atoms. The molecule has 1 N–H and O–H groups in total. The van der Waals surface area contributed by atoms with Crippen LogP contribution >= 0.6 is 0 Å². The van der Waals surface area contributed by atoms with E-state index in [-0.39, 0.29) is 10.6 Å². The fourth-order valence-electron chi connectivity index (χ4n) is 1.61. The van der Waals surface area contributed by atoms with Crippen molar-refractivity contribution in [1.29, 1.82) is 0 Å². The van der Waals surface area contributed by atoms with Crippen molar-refractivity contribution in [2.75, 3.05) is 13.2 Å². The fraction of sp³-hybridized carbons (Fsp3) is 0.571. The van der Waals surface area contributed by atoms with Gasteiger partial charge in [0, 0.05) is 12.6 Å². The molecule has 0 unspecified atom stereocenters. The Labute approximate surface area is 114 Å². The van der Waals surface area contributed by atoms with Crippen LogP contribution in [0.2, 0.25) is 0 Å². The first-order valence-corrected chi connectivity index (χ1v) is 6.65. The fourth-order valence-corrected chi connectivity index (χ4v) is 1.61. The number of nitro groups is 1. The van der Waals surface area contributed by atoms with Crippen LogP contribution < -0.4 is 10.1 Å². The van der Waals surface area contributed by atoms with Gasteiger partial charge in [0.25, 0.3) is 0 Å². The predicted molar refractivity (Wildman–Crippen MR) is 75.4 cm³/mol. The summed E-state index contributed by atoms with van der Waals surface area (Å²) in [6.07, 6.45) is 0.885. The van der Waals surface area contributed by atoms with Crippen LogP contribution in [0.1, 0.15) is 32.8 Å². The molecular formula is C14H22N2O3. The summed E-state index contributed by atoms with van der Waals surface area (Å²) in [5.74, 6) is 0.873.